The van der Waals surface area contributed by atoms with E-state index >= 15 is 0 Å². The van der Waals surface area contributed by atoms with E-state index in [1.807, 2.05) is 44.2 Å². The van der Waals surface area contributed by atoms with Gasteiger partial charge in [-0.3, -0.25) is 14.8 Å². The molecule has 0 atom stereocenters. The van der Waals surface area contributed by atoms with Gasteiger partial charge in [0.25, 0.3) is 5.69 Å². The standard InChI is InChI=1S/C29H35N5O4/c1-18(2)34-27(31-28(36)37-29(3,4)5)26(30-6)25(32-34)21-12-10-20(11-13-21)15-23(35)17-24-16-22(33-38-24)14-19-8-7-9-19/h10-13,16,18-19H,7-9,14-15,17H2,1-5H3,(H,31,36). The van der Waals surface area contributed by atoms with Gasteiger partial charge in [0.05, 0.1) is 18.7 Å². The van der Waals surface area contributed by atoms with Gasteiger partial charge in [0.2, 0.25) is 0 Å². The maximum absolute atomic E-state index is 12.7. The van der Waals surface area contributed by atoms with Gasteiger partial charge in [0.1, 0.15) is 28.7 Å². The van der Waals surface area contributed by atoms with Crippen LogP contribution in [0, 0.1) is 12.5 Å². The zero-order valence-corrected chi connectivity index (χ0v) is 22.7. The normalized spacial score (nSPS) is 13.7. The molecule has 1 N–H and O–H groups in total. The predicted octanol–water partition coefficient (Wildman–Crippen LogP) is 6.71. The fourth-order valence-electron chi connectivity index (χ4n) is 4.41. The molecule has 0 bridgehead atoms. The lowest BCUT2D eigenvalue weighted by atomic mass is 9.82. The summed E-state index contributed by atoms with van der Waals surface area (Å²) >= 11 is 0. The Morgan fingerprint density at radius 1 is 1.21 bits per heavy atom. The molecule has 1 aliphatic rings. The Labute approximate surface area is 223 Å². The lowest BCUT2D eigenvalue weighted by molar-refractivity contribution is -0.118. The van der Waals surface area contributed by atoms with Gasteiger partial charge in [-0.2, -0.15) is 5.10 Å². The molecule has 9 nitrogen and oxygen atoms in total. The average molecular weight is 518 g/mol. The predicted molar refractivity (Wildman–Crippen MR) is 144 cm³/mol. The van der Waals surface area contributed by atoms with E-state index in [1.54, 1.807) is 25.5 Å². The number of hydrogen-bond acceptors (Lipinski definition) is 6. The van der Waals surface area contributed by atoms with Crippen LogP contribution in [-0.4, -0.2) is 32.4 Å². The Morgan fingerprint density at radius 2 is 1.92 bits per heavy atom. The van der Waals surface area contributed by atoms with E-state index in [0.717, 1.165) is 23.2 Å². The van der Waals surface area contributed by atoms with E-state index < -0.39 is 11.7 Å². The summed E-state index contributed by atoms with van der Waals surface area (Å²) in [6.07, 6.45) is 4.52. The van der Waals surface area contributed by atoms with Crippen LogP contribution in [0.1, 0.15) is 76.9 Å². The third kappa shape index (κ3) is 6.68. The molecule has 38 heavy (non-hydrogen) atoms. The van der Waals surface area contributed by atoms with Crippen molar-refractivity contribution in [3.05, 3.63) is 58.8 Å². The number of ketones is 1. The van der Waals surface area contributed by atoms with Gasteiger partial charge >= 0.3 is 6.09 Å². The Morgan fingerprint density at radius 3 is 2.50 bits per heavy atom. The molecule has 9 heteroatoms. The van der Waals surface area contributed by atoms with Gasteiger partial charge in [0, 0.05) is 18.5 Å². The first-order valence-corrected chi connectivity index (χ1v) is 13.1. The molecule has 4 rings (SSSR count). The number of carbonyl (C=O) groups excluding carboxylic acids is 2. The molecule has 1 aliphatic carbocycles. The number of amides is 1. The minimum atomic E-state index is -0.674. The van der Waals surface area contributed by atoms with Crippen molar-refractivity contribution in [2.24, 2.45) is 5.92 Å². The van der Waals surface area contributed by atoms with Gasteiger partial charge in [-0.25, -0.2) is 9.64 Å². The maximum Gasteiger partial charge on any atom is 0.412 e. The SMILES string of the molecule is [C-]#[N+]c1c(-c2ccc(CC(=O)Cc3cc(CC4CCC4)no3)cc2)nn(C(C)C)c1NC(=O)OC(C)(C)C. The topological polar surface area (TPSA) is 104 Å². The summed E-state index contributed by atoms with van der Waals surface area (Å²) in [6.45, 7) is 16.9. The highest BCUT2D eigenvalue weighted by Gasteiger charge is 2.25. The van der Waals surface area contributed by atoms with Crippen LogP contribution in [0.25, 0.3) is 16.1 Å². The van der Waals surface area contributed by atoms with E-state index in [2.05, 4.69) is 20.4 Å². The first kappa shape index (κ1) is 27.1. The largest absolute Gasteiger partial charge is 0.444 e. The molecule has 200 valence electrons. The van der Waals surface area contributed by atoms with Crippen LogP contribution >= 0.6 is 0 Å². The molecule has 3 aromatic rings. The Hall–Kier alpha value is -3.93. The number of hydrogen-bond donors (Lipinski definition) is 1. The summed E-state index contributed by atoms with van der Waals surface area (Å²) in [5.74, 6) is 1.63. The number of nitrogens with zero attached hydrogens (tertiary/aromatic N) is 4. The molecule has 0 unspecified atom stereocenters. The fourth-order valence-corrected chi connectivity index (χ4v) is 4.41. The molecule has 1 aromatic carbocycles. The highest BCUT2D eigenvalue weighted by Crippen LogP contribution is 2.38. The number of aromatic nitrogens is 3. The minimum absolute atomic E-state index is 0.0406. The molecular formula is C29H35N5O4. The number of carbonyl (C=O) groups is 2. The average Bonchev–Trinajstić information content (AvgIpc) is 3.39. The quantitative estimate of drug-likeness (QED) is 0.316. The Bertz CT molecular complexity index is 1330. The first-order chi connectivity index (χ1) is 18.0. The van der Waals surface area contributed by atoms with Crippen LogP contribution in [0.3, 0.4) is 0 Å². The smallest absolute Gasteiger partial charge is 0.412 e. The van der Waals surface area contributed by atoms with Gasteiger partial charge in [0.15, 0.2) is 0 Å². The van der Waals surface area contributed by atoms with Gasteiger partial charge in [-0.1, -0.05) is 48.7 Å². The molecule has 0 radical (unpaired) electrons. The number of anilines is 1. The number of nitrogens with one attached hydrogen (secondary N) is 1. The van der Waals surface area contributed by atoms with Crippen molar-refractivity contribution in [2.45, 2.75) is 84.8 Å². The first-order valence-electron chi connectivity index (χ1n) is 13.1. The van der Waals surface area contributed by atoms with Crippen molar-refractivity contribution in [3.63, 3.8) is 0 Å². The highest BCUT2D eigenvalue weighted by molar-refractivity contribution is 5.93. The molecule has 0 spiro atoms. The lowest BCUT2D eigenvalue weighted by Gasteiger charge is -2.23. The van der Waals surface area contributed by atoms with E-state index in [0.29, 0.717) is 23.2 Å². The molecule has 0 saturated heterocycles. The molecule has 1 fully saturated rings. The summed E-state index contributed by atoms with van der Waals surface area (Å²) < 4.78 is 12.4. The van der Waals surface area contributed by atoms with Crippen molar-refractivity contribution in [3.8, 4) is 11.3 Å². The summed E-state index contributed by atoms with van der Waals surface area (Å²) in [5, 5.41) is 11.5. The van der Waals surface area contributed by atoms with Crippen LogP contribution < -0.4 is 5.32 Å². The molecule has 1 saturated carbocycles. The van der Waals surface area contributed by atoms with Crippen molar-refractivity contribution in [1.29, 1.82) is 0 Å². The second-order valence-corrected chi connectivity index (χ2v) is 11.2. The molecule has 1 amide bonds. The van der Waals surface area contributed by atoms with E-state index in [-0.39, 0.29) is 30.4 Å². The van der Waals surface area contributed by atoms with Crippen molar-refractivity contribution < 1.29 is 18.8 Å². The third-order valence-electron chi connectivity index (χ3n) is 6.44. The van der Waals surface area contributed by atoms with Gasteiger partial charge in [-0.15, -0.1) is 0 Å². The molecule has 2 aromatic heterocycles. The summed E-state index contributed by atoms with van der Waals surface area (Å²) in [7, 11) is 0. The molecular weight excluding hydrogens is 482 g/mol. The summed E-state index contributed by atoms with van der Waals surface area (Å²) in [5.41, 5.74) is 2.52. The van der Waals surface area contributed by atoms with E-state index in [9.17, 15) is 9.59 Å². The van der Waals surface area contributed by atoms with E-state index in [1.165, 1.54) is 19.3 Å². The van der Waals surface area contributed by atoms with Gasteiger partial charge < -0.3 is 9.26 Å². The van der Waals surface area contributed by atoms with E-state index in [4.69, 9.17) is 15.8 Å². The van der Waals surface area contributed by atoms with Crippen molar-refractivity contribution in [2.75, 3.05) is 5.32 Å². The second kappa shape index (κ2) is 11.2. The lowest BCUT2D eigenvalue weighted by Crippen LogP contribution is -2.28. The Kier molecular flexibility index (Phi) is 8.00. The molecule has 2 heterocycles. The number of Topliss-reactive ketones (excluding diaryl/α,β-unsaturated/α-hetero) is 1. The summed E-state index contributed by atoms with van der Waals surface area (Å²) in [6, 6.07) is 9.20. The monoisotopic (exact) mass is 517 g/mol. The molecule has 0 aliphatic heterocycles. The summed E-state index contributed by atoms with van der Waals surface area (Å²) in [4.78, 5) is 28.8. The maximum atomic E-state index is 12.7. The zero-order valence-electron chi connectivity index (χ0n) is 22.7. The van der Waals surface area contributed by atoms with Crippen LogP contribution in [-0.2, 0) is 28.8 Å². The third-order valence-corrected chi connectivity index (χ3v) is 6.44. The van der Waals surface area contributed by atoms with Crippen LogP contribution in [0.15, 0.2) is 34.9 Å². The van der Waals surface area contributed by atoms with Crippen molar-refractivity contribution in [1.82, 2.24) is 14.9 Å². The number of rotatable bonds is 9. The van der Waals surface area contributed by atoms with Crippen LogP contribution in [0.4, 0.5) is 16.3 Å². The second-order valence-electron chi connectivity index (χ2n) is 11.2. The van der Waals surface area contributed by atoms with Crippen molar-refractivity contribution >= 4 is 23.4 Å². The van der Waals surface area contributed by atoms with Gasteiger partial charge in [-0.05, 0) is 58.1 Å². The van der Waals surface area contributed by atoms with Crippen LogP contribution in [0.5, 0.6) is 0 Å². The van der Waals surface area contributed by atoms with Crippen LogP contribution in [0.2, 0.25) is 0 Å². The Balaban J connectivity index is 1.45. The minimum Gasteiger partial charge on any atom is -0.444 e. The number of benzene rings is 1. The fraction of sp³-hybridized carbons (Fsp3) is 0.483. The number of ether oxygens (including phenoxy) is 1. The zero-order chi connectivity index (χ0) is 27.4. The highest BCUT2D eigenvalue weighted by atomic mass is 16.6.